The number of piperazine rings is 1. The molecule has 0 spiro atoms. The average Bonchev–Trinajstić information content (AvgIpc) is 2.41. The Bertz CT molecular complexity index is 414. The first-order valence-corrected chi connectivity index (χ1v) is 6.89. The number of amides is 1. The molecule has 0 bridgehead atoms. The third-order valence-corrected chi connectivity index (χ3v) is 3.56. The number of rotatable bonds is 4. The Hall–Kier alpha value is -1.26. The third-order valence-electron chi connectivity index (χ3n) is 3.31. The molecule has 0 aromatic heterocycles. The summed E-state index contributed by atoms with van der Waals surface area (Å²) in [5, 5.41) is 0.715. The van der Waals surface area contributed by atoms with Crippen molar-refractivity contribution in [2.45, 2.75) is 6.92 Å². The van der Waals surface area contributed by atoms with E-state index in [0.717, 1.165) is 38.5 Å². The number of carbonyl (C=O) groups excluding carboxylic acids is 1. The first-order valence-electron chi connectivity index (χ1n) is 6.51. The number of halogens is 1. The van der Waals surface area contributed by atoms with Crippen molar-refractivity contribution in [3.05, 3.63) is 29.3 Å². The lowest BCUT2D eigenvalue weighted by Gasteiger charge is -2.34. The molecule has 4 nitrogen and oxygen atoms in total. The summed E-state index contributed by atoms with van der Waals surface area (Å²) in [5.74, 6) is 1.00. The third kappa shape index (κ3) is 4.40. The molecule has 19 heavy (non-hydrogen) atoms. The molecule has 1 amide bonds. The quantitative estimate of drug-likeness (QED) is 0.845. The zero-order valence-electron chi connectivity index (χ0n) is 11.1. The van der Waals surface area contributed by atoms with Crippen LogP contribution >= 0.6 is 11.6 Å². The summed E-state index contributed by atoms with van der Waals surface area (Å²) < 4.78 is 5.66. The number of hydrogen-bond acceptors (Lipinski definition) is 3. The van der Waals surface area contributed by atoms with Crippen molar-refractivity contribution in [2.75, 3.05) is 39.3 Å². The van der Waals surface area contributed by atoms with E-state index in [1.807, 2.05) is 29.2 Å². The summed E-state index contributed by atoms with van der Waals surface area (Å²) in [6, 6.07) is 7.39. The van der Waals surface area contributed by atoms with Gasteiger partial charge in [0, 0.05) is 44.7 Å². The zero-order chi connectivity index (χ0) is 13.7. The number of hydrogen-bond donors (Lipinski definition) is 0. The Morgan fingerprint density at radius 3 is 2.42 bits per heavy atom. The van der Waals surface area contributed by atoms with Gasteiger partial charge in [-0.25, -0.2) is 0 Å². The second-order valence-corrected chi connectivity index (χ2v) is 5.09. The van der Waals surface area contributed by atoms with Crippen LogP contribution in [0.25, 0.3) is 0 Å². The number of carbonyl (C=O) groups is 1. The molecule has 1 saturated heterocycles. The molecule has 2 rings (SSSR count). The van der Waals surface area contributed by atoms with Crippen LogP contribution in [0.4, 0.5) is 0 Å². The highest BCUT2D eigenvalue weighted by Crippen LogP contribution is 2.15. The van der Waals surface area contributed by atoms with E-state index < -0.39 is 0 Å². The highest BCUT2D eigenvalue weighted by Gasteiger charge is 2.17. The monoisotopic (exact) mass is 282 g/mol. The van der Waals surface area contributed by atoms with Gasteiger partial charge >= 0.3 is 0 Å². The summed E-state index contributed by atoms with van der Waals surface area (Å²) in [6.45, 7) is 6.63. The minimum Gasteiger partial charge on any atom is -0.492 e. The second kappa shape index (κ2) is 6.78. The summed E-state index contributed by atoms with van der Waals surface area (Å²) in [6.07, 6.45) is 0. The maximum Gasteiger partial charge on any atom is 0.219 e. The smallest absolute Gasteiger partial charge is 0.219 e. The molecule has 1 fully saturated rings. The van der Waals surface area contributed by atoms with E-state index >= 15 is 0 Å². The average molecular weight is 283 g/mol. The fraction of sp³-hybridized carbons (Fsp3) is 0.500. The van der Waals surface area contributed by atoms with Gasteiger partial charge in [0.15, 0.2) is 0 Å². The molecule has 104 valence electrons. The lowest BCUT2D eigenvalue weighted by Crippen LogP contribution is -2.48. The van der Waals surface area contributed by atoms with Crippen LogP contribution in [0.1, 0.15) is 6.92 Å². The van der Waals surface area contributed by atoms with Gasteiger partial charge in [-0.15, -0.1) is 0 Å². The van der Waals surface area contributed by atoms with E-state index in [4.69, 9.17) is 16.3 Å². The molecule has 1 heterocycles. The fourth-order valence-corrected chi connectivity index (χ4v) is 2.24. The molecule has 0 aliphatic carbocycles. The van der Waals surface area contributed by atoms with Crippen LogP contribution in [0, 0.1) is 0 Å². The van der Waals surface area contributed by atoms with Crippen molar-refractivity contribution in [3.8, 4) is 5.75 Å². The van der Waals surface area contributed by atoms with Crippen molar-refractivity contribution in [2.24, 2.45) is 0 Å². The normalized spacial score (nSPS) is 16.4. The first-order chi connectivity index (χ1) is 9.15. The first kappa shape index (κ1) is 14.2. The molecule has 1 aliphatic heterocycles. The van der Waals surface area contributed by atoms with Crippen LogP contribution in [0.15, 0.2) is 24.3 Å². The molecule has 0 N–H and O–H groups in total. The van der Waals surface area contributed by atoms with Gasteiger partial charge in [0.05, 0.1) is 0 Å². The van der Waals surface area contributed by atoms with Crippen LogP contribution < -0.4 is 4.74 Å². The van der Waals surface area contributed by atoms with Gasteiger partial charge in [-0.1, -0.05) is 11.6 Å². The lowest BCUT2D eigenvalue weighted by molar-refractivity contribution is -0.130. The van der Waals surface area contributed by atoms with Crippen LogP contribution in [-0.2, 0) is 4.79 Å². The van der Waals surface area contributed by atoms with Crippen LogP contribution in [0.5, 0.6) is 5.75 Å². The number of benzene rings is 1. The summed E-state index contributed by atoms with van der Waals surface area (Å²) in [5.41, 5.74) is 0. The lowest BCUT2D eigenvalue weighted by atomic mass is 10.3. The van der Waals surface area contributed by atoms with E-state index in [1.54, 1.807) is 6.92 Å². The maximum atomic E-state index is 11.2. The Labute approximate surface area is 118 Å². The van der Waals surface area contributed by atoms with E-state index in [-0.39, 0.29) is 5.91 Å². The van der Waals surface area contributed by atoms with Crippen molar-refractivity contribution >= 4 is 17.5 Å². The molecular formula is C14H19ClN2O2. The molecule has 0 unspecified atom stereocenters. The van der Waals surface area contributed by atoms with Gasteiger partial charge in [-0.05, 0) is 24.3 Å². The van der Waals surface area contributed by atoms with E-state index in [1.165, 1.54) is 0 Å². The Morgan fingerprint density at radius 1 is 1.21 bits per heavy atom. The van der Waals surface area contributed by atoms with Crippen molar-refractivity contribution in [1.29, 1.82) is 0 Å². The number of ether oxygens (including phenoxy) is 1. The standard InChI is InChI=1S/C14H19ClN2O2/c1-12(18)17-8-6-16(7-9-17)10-11-19-14-4-2-13(15)3-5-14/h2-5H,6-11H2,1H3. The maximum absolute atomic E-state index is 11.2. The Balaban J connectivity index is 1.67. The van der Waals surface area contributed by atoms with Gasteiger partial charge in [-0.2, -0.15) is 0 Å². The van der Waals surface area contributed by atoms with Gasteiger partial charge in [0.1, 0.15) is 12.4 Å². The van der Waals surface area contributed by atoms with E-state index in [0.29, 0.717) is 11.6 Å². The molecule has 5 heteroatoms. The molecule has 0 saturated carbocycles. The Morgan fingerprint density at radius 2 is 1.84 bits per heavy atom. The Kier molecular flexibility index (Phi) is 5.05. The second-order valence-electron chi connectivity index (χ2n) is 4.65. The molecule has 0 atom stereocenters. The number of nitrogens with zero attached hydrogens (tertiary/aromatic N) is 2. The highest BCUT2D eigenvalue weighted by molar-refractivity contribution is 6.30. The molecule has 1 aromatic carbocycles. The molecule has 1 aromatic rings. The van der Waals surface area contributed by atoms with E-state index in [2.05, 4.69) is 4.90 Å². The van der Waals surface area contributed by atoms with Gasteiger partial charge in [0.25, 0.3) is 0 Å². The van der Waals surface area contributed by atoms with E-state index in [9.17, 15) is 4.79 Å². The SMILES string of the molecule is CC(=O)N1CCN(CCOc2ccc(Cl)cc2)CC1. The molecular weight excluding hydrogens is 264 g/mol. The van der Waals surface area contributed by atoms with Crippen LogP contribution in [-0.4, -0.2) is 55.0 Å². The summed E-state index contributed by atoms with van der Waals surface area (Å²) in [7, 11) is 0. The predicted molar refractivity (Wildman–Crippen MR) is 75.6 cm³/mol. The van der Waals surface area contributed by atoms with Gasteiger partial charge in [-0.3, -0.25) is 9.69 Å². The zero-order valence-corrected chi connectivity index (χ0v) is 11.9. The minimum absolute atomic E-state index is 0.164. The van der Waals surface area contributed by atoms with Crippen molar-refractivity contribution in [3.63, 3.8) is 0 Å². The minimum atomic E-state index is 0.164. The van der Waals surface area contributed by atoms with Crippen molar-refractivity contribution in [1.82, 2.24) is 9.80 Å². The van der Waals surface area contributed by atoms with Gasteiger partial charge < -0.3 is 9.64 Å². The largest absolute Gasteiger partial charge is 0.492 e. The van der Waals surface area contributed by atoms with Gasteiger partial charge in [0.2, 0.25) is 5.91 Å². The summed E-state index contributed by atoms with van der Waals surface area (Å²) in [4.78, 5) is 15.4. The fourth-order valence-electron chi connectivity index (χ4n) is 2.11. The predicted octanol–water partition coefficient (Wildman–Crippen LogP) is 1.88. The molecule has 0 radical (unpaired) electrons. The van der Waals surface area contributed by atoms with Crippen LogP contribution in [0.2, 0.25) is 5.02 Å². The van der Waals surface area contributed by atoms with Crippen molar-refractivity contribution < 1.29 is 9.53 Å². The molecule has 1 aliphatic rings. The summed E-state index contributed by atoms with van der Waals surface area (Å²) >= 11 is 5.81. The van der Waals surface area contributed by atoms with Crippen LogP contribution in [0.3, 0.4) is 0 Å². The highest BCUT2D eigenvalue weighted by atomic mass is 35.5. The topological polar surface area (TPSA) is 32.8 Å².